The van der Waals surface area contributed by atoms with Crippen molar-refractivity contribution in [2.75, 3.05) is 11.6 Å². The topological polar surface area (TPSA) is 121 Å². The molecule has 1 fully saturated rings. The Bertz CT molecular complexity index is 1080. The third kappa shape index (κ3) is 4.20. The Morgan fingerprint density at radius 3 is 2.46 bits per heavy atom. The third-order valence-electron chi connectivity index (χ3n) is 4.36. The molecule has 1 aliphatic rings. The molecular weight excluding hydrogens is 382 g/mol. The van der Waals surface area contributed by atoms with Crippen molar-refractivity contribution in [3.63, 3.8) is 0 Å². The van der Waals surface area contributed by atoms with E-state index >= 15 is 0 Å². The number of rotatable bonds is 5. The maximum Gasteiger partial charge on any atom is 0.322 e. The number of hydrogen-bond donors (Lipinski definition) is 3. The first kappa shape index (κ1) is 19.6. The smallest absolute Gasteiger partial charge is 0.322 e. The largest absolute Gasteiger partial charge is 0.322 e. The van der Waals surface area contributed by atoms with E-state index in [9.17, 15) is 22.8 Å². The minimum Gasteiger partial charge on any atom is -0.322 e. The lowest BCUT2D eigenvalue weighted by Crippen LogP contribution is -2.40. The number of benzene rings is 2. The second-order valence-electron chi connectivity index (χ2n) is 6.84. The van der Waals surface area contributed by atoms with Crippen LogP contribution in [0.4, 0.5) is 10.5 Å². The highest BCUT2D eigenvalue weighted by Crippen LogP contribution is 2.26. The molecule has 2 aromatic carbocycles. The zero-order valence-electron chi connectivity index (χ0n) is 15.3. The molecule has 1 saturated heterocycles. The zero-order chi connectivity index (χ0) is 20.5. The summed E-state index contributed by atoms with van der Waals surface area (Å²) in [6.07, 6.45) is 1.13. The van der Waals surface area contributed by atoms with Crippen molar-refractivity contribution in [1.29, 1.82) is 0 Å². The van der Waals surface area contributed by atoms with E-state index in [-0.39, 0.29) is 5.75 Å². The molecule has 146 valence electrons. The predicted octanol–water partition coefficient (Wildman–Crippen LogP) is 1.54. The number of sulfone groups is 1. The van der Waals surface area contributed by atoms with Crippen molar-refractivity contribution in [3.05, 3.63) is 65.2 Å². The van der Waals surface area contributed by atoms with Crippen LogP contribution in [0.2, 0.25) is 0 Å². The summed E-state index contributed by atoms with van der Waals surface area (Å²) in [5.41, 5.74) is 0.546. The highest BCUT2D eigenvalue weighted by molar-refractivity contribution is 7.89. The highest BCUT2D eigenvalue weighted by atomic mass is 32.2. The molecule has 0 saturated carbocycles. The minimum atomic E-state index is -3.21. The predicted molar refractivity (Wildman–Crippen MR) is 103 cm³/mol. The number of imide groups is 1. The van der Waals surface area contributed by atoms with Gasteiger partial charge >= 0.3 is 6.03 Å². The van der Waals surface area contributed by atoms with E-state index in [0.717, 1.165) is 6.26 Å². The Morgan fingerprint density at radius 1 is 1.11 bits per heavy atom. The molecule has 0 unspecified atom stereocenters. The van der Waals surface area contributed by atoms with Gasteiger partial charge in [-0.15, -0.1) is 0 Å². The number of hydrogen-bond acceptors (Lipinski definition) is 5. The Labute approximate surface area is 162 Å². The normalized spacial score (nSPS) is 19.1. The van der Waals surface area contributed by atoms with E-state index < -0.39 is 33.2 Å². The molecule has 2 aromatic rings. The van der Waals surface area contributed by atoms with Gasteiger partial charge in [0.1, 0.15) is 5.54 Å². The number of nitrogens with one attached hydrogen (secondary N) is 3. The van der Waals surface area contributed by atoms with Crippen molar-refractivity contribution in [1.82, 2.24) is 10.6 Å². The molecule has 1 atom stereocenters. The molecule has 0 spiro atoms. The molecule has 9 heteroatoms. The van der Waals surface area contributed by atoms with E-state index in [2.05, 4.69) is 16.0 Å². The molecule has 1 heterocycles. The van der Waals surface area contributed by atoms with Gasteiger partial charge in [-0.3, -0.25) is 14.9 Å². The Morgan fingerprint density at radius 2 is 1.82 bits per heavy atom. The summed E-state index contributed by atoms with van der Waals surface area (Å²) < 4.78 is 22.9. The molecule has 3 rings (SSSR count). The molecule has 1 aliphatic heterocycles. The third-order valence-corrected chi connectivity index (χ3v) is 5.22. The molecular formula is C19H19N3O5S. The molecule has 0 aliphatic carbocycles. The first-order valence-corrected chi connectivity index (χ1v) is 10.4. The standard InChI is InChI=1S/C19H19N3O5S/c1-19(17(24)21-18(25)22-19)14-7-4-8-15(10-14)20-16(23)13-6-3-5-12(9-13)11-28(2,26)27/h3-10H,11H2,1-2H3,(H,20,23)(H2,21,22,24,25)/t19-/m0/s1. The summed E-state index contributed by atoms with van der Waals surface area (Å²) in [5, 5.41) is 7.48. The lowest BCUT2D eigenvalue weighted by Gasteiger charge is -2.21. The second-order valence-corrected chi connectivity index (χ2v) is 8.98. The van der Waals surface area contributed by atoms with Crippen LogP contribution < -0.4 is 16.0 Å². The van der Waals surface area contributed by atoms with Crippen LogP contribution in [-0.4, -0.2) is 32.5 Å². The Kier molecular flexibility index (Phi) is 4.95. The van der Waals surface area contributed by atoms with Crippen molar-refractivity contribution < 1.29 is 22.8 Å². The average Bonchev–Trinajstić information content (AvgIpc) is 2.87. The maximum atomic E-state index is 12.6. The monoisotopic (exact) mass is 401 g/mol. The van der Waals surface area contributed by atoms with Gasteiger partial charge in [0.05, 0.1) is 5.75 Å². The molecule has 28 heavy (non-hydrogen) atoms. The van der Waals surface area contributed by atoms with Gasteiger partial charge in [-0.1, -0.05) is 24.3 Å². The fourth-order valence-corrected chi connectivity index (χ4v) is 3.75. The van der Waals surface area contributed by atoms with E-state index in [1.807, 2.05) is 0 Å². The average molecular weight is 401 g/mol. The maximum absolute atomic E-state index is 12.6. The van der Waals surface area contributed by atoms with Gasteiger partial charge in [0, 0.05) is 17.5 Å². The van der Waals surface area contributed by atoms with E-state index in [0.29, 0.717) is 22.4 Å². The minimum absolute atomic E-state index is 0.156. The summed E-state index contributed by atoms with van der Waals surface area (Å²) in [6.45, 7) is 1.57. The van der Waals surface area contributed by atoms with Gasteiger partial charge in [0.15, 0.2) is 9.84 Å². The number of carbonyl (C=O) groups excluding carboxylic acids is 3. The van der Waals surface area contributed by atoms with Gasteiger partial charge in [0.2, 0.25) is 0 Å². The van der Waals surface area contributed by atoms with E-state index in [1.54, 1.807) is 49.4 Å². The summed E-state index contributed by atoms with van der Waals surface area (Å²) in [6, 6.07) is 12.4. The molecule has 0 bridgehead atoms. The van der Waals surface area contributed by atoms with Gasteiger partial charge in [-0.25, -0.2) is 13.2 Å². The van der Waals surface area contributed by atoms with Crippen LogP contribution in [0.15, 0.2) is 48.5 Å². The highest BCUT2D eigenvalue weighted by Gasteiger charge is 2.43. The van der Waals surface area contributed by atoms with Gasteiger partial charge in [-0.2, -0.15) is 0 Å². The van der Waals surface area contributed by atoms with Crippen molar-refractivity contribution in [2.45, 2.75) is 18.2 Å². The quantitative estimate of drug-likeness (QED) is 0.656. The SMILES string of the molecule is C[C@@]1(c2cccc(NC(=O)c3cccc(CS(C)(=O)=O)c3)c2)NC(=O)NC1=O. The molecule has 3 N–H and O–H groups in total. The van der Waals surface area contributed by atoms with Gasteiger partial charge in [-0.05, 0) is 42.3 Å². The summed E-state index contributed by atoms with van der Waals surface area (Å²) in [5.74, 6) is -1.05. The van der Waals surface area contributed by atoms with Crippen LogP contribution in [0.3, 0.4) is 0 Å². The zero-order valence-corrected chi connectivity index (χ0v) is 16.1. The van der Waals surface area contributed by atoms with E-state index in [4.69, 9.17) is 0 Å². The van der Waals surface area contributed by atoms with Crippen LogP contribution >= 0.6 is 0 Å². The van der Waals surface area contributed by atoms with Crippen LogP contribution in [0, 0.1) is 0 Å². The molecule has 8 nitrogen and oxygen atoms in total. The van der Waals surface area contributed by atoms with Crippen LogP contribution in [-0.2, 0) is 25.9 Å². The fourth-order valence-electron chi connectivity index (χ4n) is 2.96. The number of amides is 4. The van der Waals surface area contributed by atoms with E-state index in [1.165, 1.54) is 6.07 Å². The van der Waals surface area contributed by atoms with Crippen LogP contribution in [0.25, 0.3) is 0 Å². The lowest BCUT2D eigenvalue weighted by atomic mass is 9.92. The Hall–Kier alpha value is -3.20. The number of carbonyl (C=O) groups is 3. The summed E-state index contributed by atoms with van der Waals surface area (Å²) in [7, 11) is -3.21. The molecule has 0 radical (unpaired) electrons. The fraction of sp³-hybridized carbons (Fsp3) is 0.211. The summed E-state index contributed by atoms with van der Waals surface area (Å²) in [4.78, 5) is 36.1. The van der Waals surface area contributed by atoms with Crippen molar-refractivity contribution >= 4 is 33.4 Å². The van der Waals surface area contributed by atoms with Gasteiger partial charge < -0.3 is 10.6 Å². The van der Waals surface area contributed by atoms with Gasteiger partial charge in [0.25, 0.3) is 11.8 Å². The van der Waals surface area contributed by atoms with Crippen LogP contribution in [0.5, 0.6) is 0 Å². The molecule has 4 amide bonds. The number of urea groups is 1. The summed E-state index contributed by atoms with van der Waals surface area (Å²) >= 11 is 0. The second kappa shape index (κ2) is 7.08. The first-order valence-electron chi connectivity index (χ1n) is 8.39. The Balaban J connectivity index is 1.81. The lowest BCUT2D eigenvalue weighted by molar-refractivity contribution is -0.123. The number of anilines is 1. The van der Waals surface area contributed by atoms with Crippen LogP contribution in [0.1, 0.15) is 28.4 Å². The first-order chi connectivity index (χ1) is 13.1. The van der Waals surface area contributed by atoms with Crippen molar-refractivity contribution in [3.8, 4) is 0 Å². The van der Waals surface area contributed by atoms with Crippen molar-refractivity contribution in [2.24, 2.45) is 0 Å². The molecule has 0 aromatic heterocycles.